The third-order valence-corrected chi connectivity index (χ3v) is 3.19. The molecule has 0 heterocycles. The van der Waals surface area contributed by atoms with Crippen LogP contribution in [0.15, 0.2) is 35.3 Å². The van der Waals surface area contributed by atoms with Crippen molar-refractivity contribution in [1.29, 1.82) is 0 Å². The van der Waals surface area contributed by atoms with E-state index in [-0.39, 0.29) is 24.0 Å². The Morgan fingerprint density at radius 3 is 2.54 bits per heavy atom. The number of nitrogens with zero attached hydrogens (tertiary/aromatic N) is 2. The molecule has 0 bridgehead atoms. The molecule has 0 radical (unpaired) electrons. The highest BCUT2D eigenvalue weighted by Gasteiger charge is 2.05. The zero-order valence-corrected chi connectivity index (χ0v) is 17.2. The van der Waals surface area contributed by atoms with E-state index in [0.29, 0.717) is 26.4 Å². The number of guanidine groups is 1. The largest absolute Gasteiger partial charge is 0.492 e. The molecule has 7 heteroatoms. The molecule has 0 fully saturated rings. The van der Waals surface area contributed by atoms with Crippen LogP contribution in [0.25, 0.3) is 0 Å². The Balaban J connectivity index is 0.00000529. The molecule has 0 atom stereocenters. The molecular weight excluding hydrogens is 421 g/mol. The summed E-state index contributed by atoms with van der Waals surface area (Å²) in [4.78, 5) is 6.33. The normalized spacial score (nSPS) is 10.9. The van der Waals surface area contributed by atoms with Gasteiger partial charge in [0.2, 0.25) is 0 Å². The molecule has 138 valence electrons. The average molecular weight is 451 g/mol. The Kier molecular flexibility index (Phi) is 14.8. The number of hydrogen-bond donors (Lipinski definition) is 1. The highest BCUT2D eigenvalue weighted by atomic mass is 127. The second kappa shape index (κ2) is 15.5. The predicted molar refractivity (Wildman–Crippen MR) is 109 cm³/mol. The average Bonchev–Trinajstić information content (AvgIpc) is 2.58. The summed E-state index contributed by atoms with van der Waals surface area (Å²) < 4.78 is 16.0. The van der Waals surface area contributed by atoms with Crippen LogP contribution >= 0.6 is 24.0 Å². The number of nitrogens with one attached hydrogen (secondary N) is 1. The minimum absolute atomic E-state index is 0. The van der Waals surface area contributed by atoms with Gasteiger partial charge >= 0.3 is 0 Å². The van der Waals surface area contributed by atoms with Crippen LogP contribution in [-0.4, -0.2) is 71.6 Å². The van der Waals surface area contributed by atoms with Gasteiger partial charge in [0.1, 0.15) is 12.4 Å². The van der Waals surface area contributed by atoms with E-state index in [2.05, 4.69) is 15.2 Å². The van der Waals surface area contributed by atoms with E-state index in [4.69, 9.17) is 14.2 Å². The first-order chi connectivity index (χ1) is 11.3. The van der Waals surface area contributed by atoms with Gasteiger partial charge in [-0.25, -0.2) is 0 Å². The molecule has 24 heavy (non-hydrogen) atoms. The minimum atomic E-state index is 0. The molecule has 0 spiro atoms. The second-order valence-electron chi connectivity index (χ2n) is 5.02. The van der Waals surface area contributed by atoms with Crippen molar-refractivity contribution in [2.24, 2.45) is 4.99 Å². The maximum atomic E-state index is 5.70. The van der Waals surface area contributed by atoms with Gasteiger partial charge in [-0.15, -0.1) is 24.0 Å². The third kappa shape index (κ3) is 10.7. The lowest BCUT2D eigenvalue weighted by Crippen LogP contribution is -2.41. The minimum Gasteiger partial charge on any atom is -0.492 e. The number of likely N-dealkylation sites (N-methyl/N-ethyl adjacent to an activating group) is 1. The van der Waals surface area contributed by atoms with Gasteiger partial charge in [-0.1, -0.05) is 18.2 Å². The molecule has 0 saturated heterocycles. The van der Waals surface area contributed by atoms with Gasteiger partial charge in [0.15, 0.2) is 5.96 Å². The first kappa shape index (κ1) is 22.9. The summed E-state index contributed by atoms with van der Waals surface area (Å²) in [5, 5.41) is 3.32. The third-order valence-electron chi connectivity index (χ3n) is 3.19. The summed E-state index contributed by atoms with van der Waals surface area (Å²) >= 11 is 0. The molecule has 1 rings (SSSR count). The Morgan fingerprint density at radius 2 is 1.88 bits per heavy atom. The van der Waals surface area contributed by atoms with Crippen LogP contribution < -0.4 is 10.1 Å². The van der Waals surface area contributed by atoms with Crippen molar-refractivity contribution in [3.05, 3.63) is 30.3 Å². The van der Waals surface area contributed by atoms with Crippen molar-refractivity contribution >= 4 is 29.9 Å². The Bertz CT molecular complexity index is 432. The first-order valence-corrected chi connectivity index (χ1v) is 7.94. The Labute approximate surface area is 162 Å². The van der Waals surface area contributed by atoms with Crippen LogP contribution in [0.1, 0.15) is 6.42 Å². The highest BCUT2D eigenvalue weighted by molar-refractivity contribution is 14.0. The van der Waals surface area contributed by atoms with E-state index in [9.17, 15) is 0 Å². The van der Waals surface area contributed by atoms with Gasteiger partial charge in [0.05, 0.1) is 19.8 Å². The lowest BCUT2D eigenvalue weighted by molar-refractivity contribution is 0.0698. The van der Waals surface area contributed by atoms with Gasteiger partial charge in [-0.3, -0.25) is 4.99 Å². The lowest BCUT2D eigenvalue weighted by atomic mass is 10.3. The van der Waals surface area contributed by atoms with Gasteiger partial charge < -0.3 is 24.4 Å². The van der Waals surface area contributed by atoms with Crippen LogP contribution in [-0.2, 0) is 9.47 Å². The maximum absolute atomic E-state index is 5.70. The van der Waals surface area contributed by atoms with E-state index >= 15 is 0 Å². The van der Waals surface area contributed by atoms with Crippen molar-refractivity contribution in [2.75, 3.05) is 60.7 Å². The zero-order chi connectivity index (χ0) is 16.8. The zero-order valence-electron chi connectivity index (χ0n) is 14.9. The highest BCUT2D eigenvalue weighted by Crippen LogP contribution is 2.07. The van der Waals surface area contributed by atoms with E-state index in [1.165, 1.54) is 0 Å². The molecule has 1 N–H and O–H groups in total. The van der Waals surface area contributed by atoms with Gasteiger partial charge in [-0.05, 0) is 18.6 Å². The molecule has 0 aliphatic rings. The van der Waals surface area contributed by atoms with E-state index in [1.54, 1.807) is 14.2 Å². The van der Waals surface area contributed by atoms with E-state index in [1.807, 2.05) is 37.4 Å². The molecule has 0 aliphatic heterocycles. The monoisotopic (exact) mass is 451 g/mol. The van der Waals surface area contributed by atoms with E-state index < -0.39 is 0 Å². The summed E-state index contributed by atoms with van der Waals surface area (Å²) in [5.74, 6) is 1.75. The number of rotatable bonds is 11. The van der Waals surface area contributed by atoms with Crippen molar-refractivity contribution < 1.29 is 14.2 Å². The van der Waals surface area contributed by atoms with Gasteiger partial charge in [-0.2, -0.15) is 0 Å². The fourth-order valence-electron chi connectivity index (χ4n) is 1.93. The van der Waals surface area contributed by atoms with Crippen LogP contribution in [0.2, 0.25) is 0 Å². The number of ether oxygens (including phenoxy) is 3. The van der Waals surface area contributed by atoms with Crippen LogP contribution in [0.4, 0.5) is 0 Å². The second-order valence-corrected chi connectivity index (χ2v) is 5.02. The SMILES string of the molecule is CN=C(NCCCOCCOC)N(C)CCOc1ccccc1.I. The summed E-state index contributed by atoms with van der Waals surface area (Å²) in [6, 6.07) is 9.82. The molecule has 1 aromatic carbocycles. The number of aliphatic imine (C=N–C) groups is 1. The summed E-state index contributed by atoms with van der Waals surface area (Å²) in [6.07, 6.45) is 0.928. The maximum Gasteiger partial charge on any atom is 0.193 e. The number of halogens is 1. The number of para-hydroxylation sites is 1. The fourth-order valence-corrected chi connectivity index (χ4v) is 1.93. The molecule has 1 aromatic rings. The van der Waals surface area contributed by atoms with Crippen molar-refractivity contribution in [3.63, 3.8) is 0 Å². The molecule has 0 saturated carbocycles. The Hall–Kier alpha value is -1.06. The van der Waals surface area contributed by atoms with Crippen LogP contribution in [0, 0.1) is 0 Å². The molecule has 0 aliphatic carbocycles. The van der Waals surface area contributed by atoms with Gasteiger partial charge in [0, 0.05) is 34.4 Å². The predicted octanol–water partition coefficient (Wildman–Crippen LogP) is 2.24. The summed E-state index contributed by atoms with van der Waals surface area (Å²) in [5.41, 5.74) is 0. The number of methoxy groups -OCH3 is 1. The Morgan fingerprint density at radius 1 is 1.12 bits per heavy atom. The number of benzene rings is 1. The van der Waals surface area contributed by atoms with Crippen LogP contribution in [0.5, 0.6) is 5.75 Å². The van der Waals surface area contributed by atoms with E-state index in [0.717, 1.165) is 31.2 Å². The summed E-state index contributed by atoms with van der Waals surface area (Å²) in [6.45, 7) is 4.19. The smallest absolute Gasteiger partial charge is 0.193 e. The molecule has 6 nitrogen and oxygen atoms in total. The fraction of sp³-hybridized carbons (Fsp3) is 0.588. The topological polar surface area (TPSA) is 55.3 Å². The molecule has 0 aromatic heterocycles. The number of hydrogen-bond acceptors (Lipinski definition) is 4. The summed E-state index contributed by atoms with van der Waals surface area (Å²) in [7, 11) is 5.46. The molecular formula is C17H30IN3O3. The van der Waals surface area contributed by atoms with Crippen molar-refractivity contribution in [3.8, 4) is 5.75 Å². The first-order valence-electron chi connectivity index (χ1n) is 7.94. The van der Waals surface area contributed by atoms with Crippen molar-refractivity contribution in [2.45, 2.75) is 6.42 Å². The quantitative estimate of drug-likeness (QED) is 0.242. The van der Waals surface area contributed by atoms with Crippen LogP contribution in [0.3, 0.4) is 0 Å². The lowest BCUT2D eigenvalue weighted by Gasteiger charge is -2.22. The van der Waals surface area contributed by atoms with Gasteiger partial charge in [0.25, 0.3) is 0 Å². The standard InChI is InChI=1S/C17H29N3O3.HI/c1-18-17(19-10-7-12-22-15-14-21-3)20(2)11-13-23-16-8-5-4-6-9-16;/h4-6,8-9H,7,10-15H2,1-3H3,(H,18,19);1H. The van der Waals surface area contributed by atoms with Crippen molar-refractivity contribution in [1.82, 2.24) is 10.2 Å². The molecule has 0 amide bonds. The molecule has 0 unspecified atom stereocenters.